The molecule has 0 saturated carbocycles. The number of nitrogens with one attached hydrogen (secondary N) is 1. The minimum absolute atomic E-state index is 0.0918. The van der Waals surface area contributed by atoms with Gasteiger partial charge in [0.2, 0.25) is 0 Å². The number of thiazole rings is 1. The number of benzene rings is 1. The van der Waals surface area contributed by atoms with E-state index in [9.17, 15) is 9.18 Å². The van der Waals surface area contributed by atoms with Gasteiger partial charge in [0.1, 0.15) is 10.7 Å². The summed E-state index contributed by atoms with van der Waals surface area (Å²) in [5.74, 6) is -0.684. The van der Waals surface area contributed by atoms with Crippen molar-refractivity contribution in [2.24, 2.45) is 0 Å². The van der Waals surface area contributed by atoms with Gasteiger partial charge in [-0.25, -0.2) is 9.37 Å². The molecule has 0 saturated heterocycles. The number of carbonyl (C=O) groups is 1. The molecular formula is C18H18FN3OS. The molecule has 0 spiro atoms. The van der Waals surface area contributed by atoms with Crippen LogP contribution in [0.25, 0.3) is 5.13 Å². The molecule has 0 fully saturated rings. The molecule has 1 aromatic carbocycles. The number of aryl methyl sites for hydroxylation is 1. The first-order chi connectivity index (χ1) is 11.5. The summed E-state index contributed by atoms with van der Waals surface area (Å²) in [5.41, 5.74) is 1.70. The topological polar surface area (TPSA) is 46.9 Å². The van der Waals surface area contributed by atoms with Crippen molar-refractivity contribution in [2.75, 3.05) is 5.32 Å². The minimum Gasteiger partial charge on any atom is -0.319 e. The van der Waals surface area contributed by atoms with Gasteiger partial charge in [-0.2, -0.15) is 0 Å². The van der Waals surface area contributed by atoms with E-state index >= 15 is 0 Å². The van der Waals surface area contributed by atoms with E-state index in [1.54, 1.807) is 19.1 Å². The first-order valence-corrected chi connectivity index (χ1v) is 8.49. The first-order valence-electron chi connectivity index (χ1n) is 7.67. The summed E-state index contributed by atoms with van der Waals surface area (Å²) in [7, 11) is 0. The maximum absolute atomic E-state index is 14.0. The smallest absolute Gasteiger partial charge is 0.267 e. The monoisotopic (exact) mass is 343 g/mol. The van der Waals surface area contributed by atoms with Crippen molar-refractivity contribution in [3.8, 4) is 5.13 Å². The molecule has 2 aromatic heterocycles. The SMILES string of the molecule is Cc1ccc(NC(=O)c2sc(-n3cccc3)nc2C(C)C)c(F)c1. The molecule has 3 aromatic rings. The zero-order valence-corrected chi connectivity index (χ0v) is 14.5. The molecule has 1 amide bonds. The number of amides is 1. The third kappa shape index (κ3) is 3.23. The van der Waals surface area contributed by atoms with Crippen LogP contribution in [0.4, 0.5) is 10.1 Å². The van der Waals surface area contributed by atoms with Gasteiger partial charge in [-0.05, 0) is 42.7 Å². The van der Waals surface area contributed by atoms with Crippen molar-refractivity contribution in [3.63, 3.8) is 0 Å². The zero-order chi connectivity index (χ0) is 17.3. The first kappa shape index (κ1) is 16.4. The number of aromatic nitrogens is 2. The quantitative estimate of drug-likeness (QED) is 0.742. The number of rotatable bonds is 4. The number of hydrogen-bond acceptors (Lipinski definition) is 3. The van der Waals surface area contributed by atoms with Crippen molar-refractivity contribution in [2.45, 2.75) is 26.7 Å². The maximum atomic E-state index is 14.0. The molecule has 24 heavy (non-hydrogen) atoms. The van der Waals surface area contributed by atoms with Gasteiger partial charge in [-0.3, -0.25) is 4.79 Å². The van der Waals surface area contributed by atoms with Crippen LogP contribution in [-0.4, -0.2) is 15.5 Å². The molecule has 0 aliphatic heterocycles. The van der Waals surface area contributed by atoms with Gasteiger partial charge in [-0.1, -0.05) is 31.3 Å². The number of carbonyl (C=O) groups excluding carboxylic acids is 1. The van der Waals surface area contributed by atoms with Crippen LogP contribution in [0.5, 0.6) is 0 Å². The summed E-state index contributed by atoms with van der Waals surface area (Å²) in [4.78, 5) is 17.7. The summed E-state index contributed by atoms with van der Waals surface area (Å²) in [6.45, 7) is 5.77. The maximum Gasteiger partial charge on any atom is 0.267 e. The highest BCUT2D eigenvalue weighted by Crippen LogP contribution is 2.29. The molecule has 2 heterocycles. The molecule has 0 aliphatic carbocycles. The Morgan fingerprint density at radius 3 is 2.62 bits per heavy atom. The molecule has 0 unspecified atom stereocenters. The Morgan fingerprint density at radius 2 is 2.00 bits per heavy atom. The highest BCUT2D eigenvalue weighted by Gasteiger charge is 2.21. The van der Waals surface area contributed by atoms with E-state index in [-0.39, 0.29) is 17.5 Å². The standard InChI is InChI=1S/C18H18FN3OS/c1-11(2)15-16(24-18(21-15)22-8-4-5-9-22)17(23)20-14-7-6-12(3)10-13(14)19/h4-11H,1-3H3,(H,20,23). The van der Waals surface area contributed by atoms with Gasteiger partial charge in [0.05, 0.1) is 11.4 Å². The fourth-order valence-corrected chi connectivity index (χ4v) is 3.43. The fourth-order valence-electron chi connectivity index (χ4n) is 2.35. The van der Waals surface area contributed by atoms with Crippen LogP contribution in [0.2, 0.25) is 0 Å². The second-order valence-electron chi connectivity index (χ2n) is 5.89. The van der Waals surface area contributed by atoms with E-state index < -0.39 is 5.82 Å². The van der Waals surface area contributed by atoms with Crippen LogP contribution in [-0.2, 0) is 0 Å². The Hall–Kier alpha value is -2.47. The van der Waals surface area contributed by atoms with E-state index in [2.05, 4.69) is 10.3 Å². The summed E-state index contributed by atoms with van der Waals surface area (Å²) in [6.07, 6.45) is 3.76. The van der Waals surface area contributed by atoms with Gasteiger partial charge >= 0.3 is 0 Å². The van der Waals surface area contributed by atoms with E-state index in [1.165, 1.54) is 17.4 Å². The van der Waals surface area contributed by atoms with Gasteiger partial charge in [0.15, 0.2) is 5.13 Å². The highest BCUT2D eigenvalue weighted by molar-refractivity contribution is 7.16. The minimum atomic E-state index is -0.440. The van der Waals surface area contributed by atoms with E-state index in [4.69, 9.17) is 0 Å². The van der Waals surface area contributed by atoms with Crippen molar-refractivity contribution in [3.05, 3.63) is 64.7 Å². The molecule has 0 radical (unpaired) electrons. The molecule has 0 atom stereocenters. The lowest BCUT2D eigenvalue weighted by atomic mass is 10.1. The van der Waals surface area contributed by atoms with Crippen molar-refractivity contribution in [1.29, 1.82) is 0 Å². The van der Waals surface area contributed by atoms with Gasteiger partial charge in [0, 0.05) is 12.4 Å². The lowest BCUT2D eigenvalue weighted by Crippen LogP contribution is -2.14. The summed E-state index contributed by atoms with van der Waals surface area (Å²) >= 11 is 1.30. The van der Waals surface area contributed by atoms with Crippen LogP contribution < -0.4 is 5.32 Å². The second kappa shape index (κ2) is 6.57. The molecule has 0 aliphatic rings. The van der Waals surface area contributed by atoms with Crippen molar-refractivity contribution < 1.29 is 9.18 Å². The number of anilines is 1. The van der Waals surface area contributed by atoms with Crippen LogP contribution in [0.3, 0.4) is 0 Å². The van der Waals surface area contributed by atoms with Crippen molar-refractivity contribution >= 4 is 22.9 Å². The molecular weight excluding hydrogens is 325 g/mol. The van der Waals surface area contributed by atoms with Crippen LogP contribution in [0.1, 0.15) is 40.7 Å². The molecule has 6 heteroatoms. The summed E-state index contributed by atoms with van der Waals surface area (Å²) < 4.78 is 15.8. The van der Waals surface area contributed by atoms with E-state index in [0.717, 1.165) is 10.7 Å². The Kier molecular flexibility index (Phi) is 4.49. The zero-order valence-electron chi connectivity index (χ0n) is 13.7. The highest BCUT2D eigenvalue weighted by atomic mass is 32.1. The Bertz CT molecular complexity index is 869. The number of halogens is 1. The third-order valence-electron chi connectivity index (χ3n) is 3.59. The molecule has 0 bridgehead atoms. The number of nitrogens with zero attached hydrogens (tertiary/aromatic N) is 2. The molecule has 4 nitrogen and oxygen atoms in total. The lowest BCUT2D eigenvalue weighted by Gasteiger charge is -2.08. The summed E-state index contributed by atoms with van der Waals surface area (Å²) in [6, 6.07) is 8.54. The van der Waals surface area contributed by atoms with Crippen LogP contribution in [0, 0.1) is 12.7 Å². The average molecular weight is 343 g/mol. The van der Waals surface area contributed by atoms with Gasteiger partial charge in [0.25, 0.3) is 5.91 Å². The van der Waals surface area contributed by atoms with Gasteiger partial charge in [-0.15, -0.1) is 0 Å². The van der Waals surface area contributed by atoms with E-state index in [0.29, 0.717) is 10.6 Å². The van der Waals surface area contributed by atoms with Gasteiger partial charge < -0.3 is 9.88 Å². The van der Waals surface area contributed by atoms with Crippen LogP contribution in [0.15, 0.2) is 42.7 Å². The summed E-state index contributed by atoms with van der Waals surface area (Å²) in [5, 5.41) is 3.38. The Labute approximate surface area is 144 Å². The van der Waals surface area contributed by atoms with Crippen LogP contribution >= 0.6 is 11.3 Å². The normalized spacial score (nSPS) is 11.0. The van der Waals surface area contributed by atoms with E-state index in [1.807, 2.05) is 42.9 Å². The third-order valence-corrected chi connectivity index (χ3v) is 4.68. The molecule has 3 rings (SSSR count). The lowest BCUT2D eigenvalue weighted by molar-refractivity contribution is 0.102. The fraction of sp³-hybridized carbons (Fsp3) is 0.222. The second-order valence-corrected chi connectivity index (χ2v) is 6.87. The van der Waals surface area contributed by atoms with Crippen molar-refractivity contribution in [1.82, 2.24) is 9.55 Å². The predicted molar refractivity (Wildman–Crippen MR) is 94.6 cm³/mol. The molecule has 124 valence electrons. The molecule has 1 N–H and O–H groups in total. The Morgan fingerprint density at radius 1 is 1.29 bits per heavy atom. The largest absolute Gasteiger partial charge is 0.319 e. The number of hydrogen-bond donors (Lipinski definition) is 1. The predicted octanol–water partition coefficient (Wildman–Crippen LogP) is 4.76. The Balaban J connectivity index is 1.94. The average Bonchev–Trinajstić information content (AvgIpc) is 3.18.